The van der Waals surface area contributed by atoms with Gasteiger partial charge in [-0.15, -0.1) is 11.8 Å². The van der Waals surface area contributed by atoms with Gasteiger partial charge in [0.05, 0.1) is 24.7 Å². The van der Waals surface area contributed by atoms with Crippen LogP contribution < -0.4 is 16.0 Å². The Morgan fingerprint density at radius 2 is 1.67 bits per heavy atom. The minimum absolute atomic E-state index is 0.00624. The van der Waals surface area contributed by atoms with Gasteiger partial charge < -0.3 is 30.7 Å². The molecule has 0 atom stereocenters. The molecule has 1 aliphatic rings. The van der Waals surface area contributed by atoms with E-state index in [2.05, 4.69) is 25.9 Å². The predicted molar refractivity (Wildman–Crippen MR) is 141 cm³/mol. The Morgan fingerprint density at radius 1 is 1.03 bits per heavy atom. The zero-order chi connectivity index (χ0) is 25.3. The Kier molecular flexibility index (Phi) is 8.71. The second-order valence-corrected chi connectivity index (χ2v) is 8.75. The maximum absolute atomic E-state index is 12.5. The number of anilines is 3. The molecule has 0 saturated carbocycles. The third kappa shape index (κ3) is 6.51. The highest BCUT2D eigenvalue weighted by atomic mass is 32.2. The largest absolute Gasteiger partial charge is 0.395 e. The van der Waals surface area contributed by atoms with Crippen LogP contribution in [-0.2, 0) is 4.74 Å². The summed E-state index contributed by atoms with van der Waals surface area (Å²) in [5.41, 5.74) is 2.55. The summed E-state index contributed by atoms with van der Waals surface area (Å²) in [7, 11) is 0. The number of amides is 3. The highest BCUT2D eigenvalue weighted by molar-refractivity contribution is 7.98. The second kappa shape index (κ2) is 12.3. The minimum atomic E-state index is -0.397. The van der Waals surface area contributed by atoms with Gasteiger partial charge in [-0.05, 0) is 54.8 Å². The smallest absolute Gasteiger partial charge is 0.323 e. The van der Waals surface area contributed by atoms with Gasteiger partial charge >= 0.3 is 6.03 Å². The number of hydrogen-bond donors (Lipinski definition) is 4. The standard InChI is InChI=1S/C25H28N6O4S/c1-36-21-16-27-22(30-23(21)26-10-13-32)17-2-6-19(7-3-17)28-25(34)29-20-8-4-18(5-9-20)24(33)31-11-14-35-15-12-31/h2-9,16,32H,10-15H2,1H3,(H,26,27,30)(H2,28,29,34). The Bertz CT molecular complexity index is 1180. The molecule has 188 valence electrons. The van der Waals surface area contributed by atoms with Crippen molar-refractivity contribution in [3.05, 3.63) is 60.3 Å². The Hall–Kier alpha value is -3.67. The van der Waals surface area contributed by atoms with Crippen LogP contribution >= 0.6 is 11.8 Å². The second-order valence-electron chi connectivity index (χ2n) is 7.90. The first-order valence-electron chi connectivity index (χ1n) is 11.5. The summed E-state index contributed by atoms with van der Waals surface area (Å²) in [5.74, 6) is 1.16. The van der Waals surface area contributed by atoms with Crippen LogP contribution in [0, 0.1) is 0 Å². The van der Waals surface area contributed by atoms with Crippen molar-refractivity contribution >= 4 is 40.9 Å². The van der Waals surface area contributed by atoms with Crippen molar-refractivity contribution < 1.29 is 19.4 Å². The molecule has 1 fully saturated rings. The number of nitrogens with zero attached hydrogens (tertiary/aromatic N) is 3. The molecule has 1 saturated heterocycles. The van der Waals surface area contributed by atoms with E-state index in [4.69, 9.17) is 9.84 Å². The Morgan fingerprint density at radius 3 is 2.28 bits per heavy atom. The fourth-order valence-corrected chi connectivity index (χ4v) is 4.07. The summed E-state index contributed by atoms with van der Waals surface area (Å²) < 4.78 is 5.29. The van der Waals surface area contributed by atoms with Gasteiger partial charge in [0, 0.05) is 48.3 Å². The molecule has 0 aliphatic carbocycles. The first kappa shape index (κ1) is 25.4. The molecule has 0 radical (unpaired) electrons. The van der Waals surface area contributed by atoms with Crippen molar-refractivity contribution in [2.75, 3.05) is 61.7 Å². The Balaban J connectivity index is 1.34. The molecule has 4 N–H and O–H groups in total. The van der Waals surface area contributed by atoms with E-state index in [1.165, 1.54) is 11.8 Å². The quantitative estimate of drug-likeness (QED) is 0.341. The number of nitrogens with one attached hydrogen (secondary N) is 3. The summed E-state index contributed by atoms with van der Waals surface area (Å²) in [5, 5.41) is 17.7. The lowest BCUT2D eigenvalue weighted by atomic mass is 10.1. The number of benzene rings is 2. The number of carbonyl (C=O) groups excluding carboxylic acids is 2. The molecular formula is C25H28N6O4S. The fourth-order valence-electron chi connectivity index (χ4n) is 3.60. The van der Waals surface area contributed by atoms with Crippen LogP contribution in [0.25, 0.3) is 11.4 Å². The van der Waals surface area contributed by atoms with E-state index in [9.17, 15) is 9.59 Å². The van der Waals surface area contributed by atoms with Gasteiger partial charge in [-0.25, -0.2) is 14.8 Å². The van der Waals surface area contributed by atoms with E-state index in [0.29, 0.717) is 61.4 Å². The van der Waals surface area contributed by atoms with E-state index in [1.54, 1.807) is 47.5 Å². The normalized spacial score (nSPS) is 13.2. The highest BCUT2D eigenvalue weighted by Crippen LogP contribution is 2.26. The van der Waals surface area contributed by atoms with E-state index in [-0.39, 0.29) is 12.5 Å². The SMILES string of the molecule is CSc1cnc(-c2ccc(NC(=O)Nc3ccc(C(=O)N4CCOCC4)cc3)cc2)nc1NCCO. The molecule has 2 heterocycles. The van der Waals surface area contributed by atoms with E-state index >= 15 is 0 Å². The fraction of sp³-hybridized carbons (Fsp3) is 0.280. The summed E-state index contributed by atoms with van der Waals surface area (Å²) in [6, 6.07) is 13.6. The number of rotatable bonds is 8. The number of carbonyl (C=O) groups is 2. The van der Waals surface area contributed by atoms with Crippen molar-refractivity contribution in [3.8, 4) is 11.4 Å². The molecule has 4 rings (SSSR count). The van der Waals surface area contributed by atoms with Gasteiger partial charge in [0.25, 0.3) is 5.91 Å². The van der Waals surface area contributed by atoms with E-state index in [1.807, 2.05) is 18.4 Å². The molecule has 3 aromatic rings. The molecule has 1 aromatic heterocycles. The molecule has 1 aliphatic heterocycles. The van der Waals surface area contributed by atoms with Crippen LogP contribution in [0.15, 0.2) is 59.6 Å². The molecule has 3 amide bonds. The van der Waals surface area contributed by atoms with E-state index < -0.39 is 6.03 Å². The number of aromatic nitrogens is 2. The first-order valence-corrected chi connectivity index (χ1v) is 12.7. The topological polar surface area (TPSA) is 129 Å². The monoisotopic (exact) mass is 508 g/mol. The molecule has 2 aromatic carbocycles. The van der Waals surface area contributed by atoms with Gasteiger partial charge in [-0.3, -0.25) is 4.79 Å². The van der Waals surface area contributed by atoms with Crippen LogP contribution in [0.4, 0.5) is 22.0 Å². The van der Waals surface area contributed by atoms with Crippen LogP contribution in [0.5, 0.6) is 0 Å². The maximum atomic E-state index is 12.5. The lowest BCUT2D eigenvalue weighted by Crippen LogP contribution is -2.40. The van der Waals surface area contributed by atoms with E-state index in [0.717, 1.165) is 10.5 Å². The van der Waals surface area contributed by atoms with Crippen LogP contribution in [-0.4, -0.2) is 77.6 Å². The van der Waals surface area contributed by atoms with Gasteiger partial charge in [-0.1, -0.05) is 0 Å². The molecular weight excluding hydrogens is 480 g/mol. The van der Waals surface area contributed by atoms with Crippen molar-refractivity contribution in [3.63, 3.8) is 0 Å². The zero-order valence-electron chi connectivity index (χ0n) is 19.9. The van der Waals surface area contributed by atoms with Crippen LogP contribution in [0.3, 0.4) is 0 Å². The number of aliphatic hydroxyl groups excluding tert-OH is 1. The van der Waals surface area contributed by atoms with Crippen LogP contribution in [0.1, 0.15) is 10.4 Å². The van der Waals surface area contributed by atoms with Crippen molar-refractivity contribution in [2.45, 2.75) is 4.90 Å². The summed E-state index contributed by atoms with van der Waals surface area (Å²) in [6.45, 7) is 2.66. The van der Waals surface area contributed by atoms with Crippen molar-refractivity contribution in [1.82, 2.24) is 14.9 Å². The molecule has 0 bridgehead atoms. The number of urea groups is 1. The predicted octanol–water partition coefficient (Wildman–Crippen LogP) is 3.39. The van der Waals surface area contributed by atoms with Gasteiger partial charge in [0.15, 0.2) is 5.82 Å². The average molecular weight is 509 g/mol. The number of morpholine rings is 1. The summed E-state index contributed by atoms with van der Waals surface area (Å²) >= 11 is 1.52. The lowest BCUT2D eigenvalue weighted by Gasteiger charge is -2.26. The third-order valence-electron chi connectivity index (χ3n) is 5.47. The average Bonchev–Trinajstić information content (AvgIpc) is 2.92. The molecule has 36 heavy (non-hydrogen) atoms. The number of thioether (sulfide) groups is 1. The maximum Gasteiger partial charge on any atom is 0.323 e. The summed E-state index contributed by atoms with van der Waals surface area (Å²) in [4.78, 5) is 36.6. The zero-order valence-corrected chi connectivity index (χ0v) is 20.7. The lowest BCUT2D eigenvalue weighted by molar-refractivity contribution is 0.0303. The number of aliphatic hydroxyl groups is 1. The first-order chi connectivity index (χ1) is 17.6. The summed E-state index contributed by atoms with van der Waals surface area (Å²) in [6.07, 6.45) is 3.68. The van der Waals surface area contributed by atoms with Crippen molar-refractivity contribution in [1.29, 1.82) is 0 Å². The molecule has 10 nitrogen and oxygen atoms in total. The van der Waals surface area contributed by atoms with Gasteiger partial charge in [0.1, 0.15) is 5.82 Å². The highest BCUT2D eigenvalue weighted by Gasteiger charge is 2.18. The molecule has 11 heteroatoms. The number of hydrogen-bond acceptors (Lipinski definition) is 8. The van der Waals surface area contributed by atoms with Crippen molar-refractivity contribution in [2.24, 2.45) is 0 Å². The van der Waals surface area contributed by atoms with Gasteiger partial charge in [-0.2, -0.15) is 0 Å². The van der Waals surface area contributed by atoms with Gasteiger partial charge in [0.2, 0.25) is 0 Å². The number of ether oxygens (including phenoxy) is 1. The van der Waals surface area contributed by atoms with Crippen LogP contribution in [0.2, 0.25) is 0 Å². The molecule has 0 spiro atoms. The minimum Gasteiger partial charge on any atom is -0.395 e. The third-order valence-corrected chi connectivity index (χ3v) is 6.21. The molecule has 0 unspecified atom stereocenters. The Labute approximate surface area is 213 Å².